The molecule has 3 rings (SSSR count). The quantitative estimate of drug-likeness (QED) is 0.723. The van der Waals surface area contributed by atoms with Gasteiger partial charge in [0, 0.05) is 32.7 Å². The second-order valence-electron chi connectivity index (χ2n) is 6.76. The molecule has 0 spiro atoms. The van der Waals surface area contributed by atoms with Gasteiger partial charge in [0.05, 0.1) is 27.7 Å². The van der Waals surface area contributed by atoms with Gasteiger partial charge in [-0.15, -0.1) is 11.3 Å². The zero-order valence-electron chi connectivity index (χ0n) is 15.5. The highest BCUT2D eigenvalue weighted by atomic mass is 32.1. The Labute approximate surface area is 159 Å². The predicted octanol–water partition coefficient (Wildman–Crippen LogP) is 3.04. The van der Waals surface area contributed by atoms with Crippen molar-refractivity contribution in [2.45, 2.75) is 18.8 Å². The lowest BCUT2D eigenvalue weighted by atomic mass is 9.82. The third-order valence-corrected chi connectivity index (χ3v) is 6.03. The Kier molecular flexibility index (Phi) is 6.77. The zero-order chi connectivity index (χ0) is 18.4. The van der Waals surface area contributed by atoms with Gasteiger partial charge in [-0.3, -0.25) is 4.79 Å². The molecule has 1 heterocycles. The number of hydrogen-bond donors (Lipinski definition) is 1. The van der Waals surface area contributed by atoms with Crippen LogP contribution in [0.3, 0.4) is 0 Å². The lowest BCUT2D eigenvalue weighted by Gasteiger charge is -2.26. The van der Waals surface area contributed by atoms with E-state index < -0.39 is 0 Å². The zero-order valence-corrected chi connectivity index (χ0v) is 16.3. The molecule has 2 aromatic rings. The fourth-order valence-corrected chi connectivity index (χ4v) is 4.43. The second-order valence-corrected chi connectivity index (χ2v) is 7.82. The monoisotopic (exact) mass is 373 g/mol. The summed E-state index contributed by atoms with van der Waals surface area (Å²) in [6, 6.07) is 8.19. The standard InChI is InChI=1S/C20H27N3O2S/c1-23(13-14-25-2)12-11-21-19(24)15-7-3-4-8-16(15)20-22-17-9-5-6-10-18(17)26-20/h3-6,9-10,15-16H,7-8,11-14H2,1-2H3,(H,21,24). The molecule has 0 aliphatic heterocycles. The number of benzene rings is 1. The van der Waals surface area contributed by atoms with Gasteiger partial charge in [0.1, 0.15) is 0 Å². The molecule has 1 aliphatic carbocycles. The molecule has 0 bridgehead atoms. The van der Waals surface area contributed by atoms with Crippen LogP contribution in [-0.4, -0.2) is 56.2 Å². The molecule has 2 unspecified atom stereocenters. The van der Waals surface area contributed by atoms with E-state index in [1.54, 1.807) is 18.4 Å². The lowest BCUT2D eigenvalue weighted by Crippen LogP contribution is -2.39. The number of amides is 1. The molecule has 0 fully saturated rings. The Morgan fingerprint density at radius 1 is 1.31 bits per heavy atom. The number of likely N-dealkylation sites (N-methyl/N-ethyl adjacent to an activating group) is 1. The number of para-hydroxylation sites is 1. The number of methoxy groups -OCH3 is 1. The van der Waals surface area contributed by atoms with Crippen molar-refractivity contribution < 1.29 is 9.53 Å². The summed E-state index contributed by atoms with van der Waals surface area (Å²) in [6.07, 6.45) is 5.97. The van der Waals surface area contributed by atoms with Gasteiger partial charge < -0.3 is 15.0 Å². The number of allylic oxidation sites excluding steroid dienone is 2. The number of aromatic nitrogens is 1. The summed E-state index contributed by atoms with van der Waals surface area (Å²) >= 11 is 1.72. The molecule has 0 saturated heterocycles. The van der Waals surface area contributed by atoms with Gasteiger partial charge >= 0.3 is 0 Å². The maximum atomic E-state index is 12.8. The molecule has 6 heteroatoms. The number of ether oxygens (including phenoxy) is 1. The highest BCUT2D eigenvalue weighted by Crippen LogP contribution is 2.38. The molecule has 26 heavy (non-hydrogen) atoms. The Morgan fingerprint density at radius 3 is 2.92 bits per heavy atom. The van der Waals surface area contributed by atoms with Gasteiger partial charge in [0.15, 0.2) is 0 Å². The second kappa shape index (κ2) is 9.26. The van der Waals surface area contributed by atoms with Crippen molar-refractivity contribution in [3.63, 3.8) is 0 Å². The van der Waals surface area contributed by atoms with Crippen LogP contribution in [0, 0.1) is 5.92 Å². The van der Waals surface area contributed by atoms with Crippen molar-refractivity contribution in [3.8, 4) is 0 Å². The Bertz CT molecular complexity index is 725. The van der Waals surface area contributed by atoms with E-state index in [1.165, 1.54) is 4.70 Å². The van der Waals surface area contributed by atoms with E-state index in [2.05, 4.69) is 28.4 Å². The first-order chi connectivity index (χ1) is 12.7. The predicted molar refractivity (Wildman–Crippen MR) is 107 cm³/mol. The van der Waals surface area contributed by atoms with Crippen LogP contribution in [0.2, 0.25) is 0 Å². The first-order valence-corrected chi connectivity index (χ1v) is 9.96. The molecule has 0 saturated carbocycles. The summed E-state index contributed by atoms with van der Waals surface area (Å²) in [4.78, 5) is 19.7. The van der Waals surface area contributed by atoms with Crippen molar-refractivity contribution in [1.29, 1.82) is 0 Å². The average molecular weight is 374 g/mol. The van der Waals surface area contributed by atoms with Crippen molar-refractivity contribution in [1.82, 2.24) is 15.2 Å². The highest BCUT2D eigenvalue weighted by molar-refractivity contribution is 7.18. The maximum Gasteiger partial charge on any atom is 0.224 e. The maximum absolute atomic E-state index is 12.8. The number of carbonyl (C=O) groups excluding carboxylic acids is 1. The number of nitrogens with zero attached hydrogens (tertiary/aromatic N) is 2. The Balaban J connectivity index is 1.61. The van der Waals surface area contributed by atoms with Crippen LogP contribution in [0.15, 0.2) is 36.4 Å². The van der Waals surface area contributed by atoms with Crippen LogP contribution in [-0.2, 0) is 9.53 Å². The molecule has 1 aromatic heterocycles. The molecule has 140 valence electrons. The van der Waals surface area contributed by atoms with Gasteiger partial charge in [0.2, 0.25) is 5.91 Å². The number of hydrogen-bond acceptors (Lipinski definition) is 5. The van der Waals surface area contributed by atoms with Gasteiger partial charge in [-0.2, -0.15) is 0 Å². The number of carbonyl (C=O) groups is 1. The molecule has 2 atom stereocenters. The van der Waals surface area contributed by atoms with E-state index in [4.69, 9.17) is 9.72 Å². The Morgan fingerprint density at radius 2 is 2.12 bits per heavy atom. The van der Waals surface area contributed by atoms with Gasteiger partial charge in [0.25, 0.3) is 0 Å². The summed E-state index contributed by atoms with van der Waals surface area (Å²) in [5.74, 6) is 0.271. The minimum Gasteiger partial charge on any atom is -0.383 e. The molecule has 1 aliphatic rings. The molecule has 5 nitrogen and oxygen atoms in total. The van der Waals surface area contributed by atoms with Crippen molar-refractivity contribution in [3.05, 3.63) is 41.4 Å². The molecule has 1 N–H and O–H groups in total. The number of thiazole rings is 1. The van der Waals surface area contributed by atoms with Crippen molar-refractivity contribution >= 4 is 27.5 Å². The first kappa shape index (κ1) is 19.0. The van der Waals surface area contributed by atoms with Crippen LogP contribution in [0.4, 0.5) is 0 Å². The molecular weight excluding hydrogens is 346 g/mol. The van der Waals surface area contributed by atoms with Crippen LogP contribution < -0.4 is 5.32 Å². The summed E-state index contributed by atoms with van der Waals surface area (Å²) in [5, 5.41) is 4.19. The van der Waals surface area contributed by atoms with Crippen LogP contribution in [0.5, 0.6) is 0 Å². The summed E-state index contributed by atoms with van der Waals surface area (Å²) in [7, 11) is 3.74. The summed E-state index contributed by atoms with van der Waals surface area (Å²) < 4.78 is 6.27. The fourth-order valence-electron chi connectivity index (χ4n) is 3.29. The van der Waals surface area contributed by atoms with E-state index in [9.17, 15) is 4.79 Å². The third-order valence-electron chi connectivity index (χ3n) is 4.87. The van der Waals surface area contributed by atoms with Crippen LogP contribution >= 0.6 is 11.3 Å². The van der Waals surface area contributed by atoms with Gasteiger partial charge in [-0.1, -0.05) is 24.3 Å². The third kappa shape index (κ3) is 4.69. The average Bonchev–Trinajstić information content (AvgIpc) is 3.10. The van der Waals surface area contributed by atoms with Gasteiger partial charge in [-0.05, 0) is 32.0 Å². The highest BCUT2D eigenvalue weighted by Gasteiger charge is 2.32. The van der Waals surface area contributed by atoms with Crippen LogP contribution in [0.25, 0.3) is 10.2 Å². The molecule has 1 amide bonds. The topological polar surface area (TPSA) is 54.5 Å². The number of rotatable bonds is 8. The van der Waals surface area contributed by atoms with E-state index in [1.807, 2.05) is 25.2 Å². The SMILES string of the molecule is COCCN(C)CCNC(=O)C1CC=CCC1c1nc2ccccc2s1. The first-order valence-electron chi connectivity index (χ1n) is 9.14. The minimum absolute atomic E-state index is 0.0372. The van der Waals surface area contributed by atoms with E-state index in [0.29, 0.717) is 13.2 Å². The molecular formula is C20H27N3O2S. The lowest BCUT2D eigenvalue weighted by molar-refractivity contribution is -0.125. The number of fused-ring (bicyclic) bond motifs is 1. The largest absolute Gasteiger partial charge is 0.383 e. The van der Waals surface area contributed by atoms with Crippen molar-refractivity contribution in [2.75, 3.05) is 40.4 Å². The van der Waals surface area contributed by atoms with E-state index in [-0.39, 0.29) is 17.7 Å². The number of nitrogens with one attached hydrogen (secondary N) is 1. The summed E-state index contributed by atoms with van der Waals surface area (Å²) in [5.41, 5.74) is 1.03. The smallest absolute Gasteiger partial charge is 0.224 e. The molecule has 1 aromatic carbocycles. The summed E-state index contributed by atoms with van der Waals surface area (Å²) in [6.45, 7) is 3.06. The van der Waals surface area contributed by atoms with E-state index in [0.717, 1.165) is 36.5 Å². The van der Waals surface area contributed by atoms with Crippen molar-refractivity contribution in [2.24, 2.45) is 5.92 Å². The normalized spacial score (nSPS) is 20.0. The van der Waals surface area contributed by atoms with Crippen LogP contribution in [0.1, 0.15) is 23.8 Å². The van der Waals surface area contributed by atoms with Gasteiger partial charge in [-0.25, -0.2) is 4.98 Å². The molecule has 0 radical (unpaired) electrons. The van der Waals surface area contributed by atoms with E-state index >= 15 is 0 Å². The minimum atomic E-state index is -0.0372. The fraction of sp³-hybridized carbons (Fsp3) is 0.500. The Hall–Kier alpha value is -1.76.